The zero-order valence-electron chi connectivity index (χ0n) is 14.2. The molecule has 0 spiro atoms. The van der Waals surface area contributed by atoms with Gasteiger partial charge in [0, 0.05) is 31.2 Å². The lowest BCUT2D eigenvalue weighted by Crippen LogP contribution is -2.42. The number of rotatable bonds is 6. The quantitative estimate of drug-likeness (QED) is 0.872. The smallest absolute Gasteiger partial charge is 0.251 e. The molecule has 0 saturated carbocycles. The molecule has 1 fully saturated rings. The fraction of sp³-hybridized carbons (Fsp3) is 0.556. The molecule has 1 heterocycles. The molecule has 0 aromatic heterocycles. The van der Waals surface area contributed by atoms with Gasteiger partial charge < -0.3 is 15.0 Å². The maximum Gasteiger partial charge on any atom is 0.251 e. The number of carbonyl (C=O) groups is 2. The van der Waals surface area contributed by atoms with E-state index < -0.39 is 0 Å². The molecule has 1 N–H and O–H groups in total. The third-order valence-electron chi connectivity index (χ3n) is 4.12. The standard InChI is InChI=1S/C18H26N2O3/c1-4-20(11-15-5-6-23-12-15)17(21)10-19-18(22)16-8-13(2)7-14(3)9-16/h7-9,15H,4-6,10-12H2,1-3H3,(H,19,22). The molecule has 0 aliphatic carbocycles. The maximum absolute atomic E-state index is 12.3. The molecule has 5 heteroatoms. The molecule has 2 rings (SSSR count). The normalized spacial score (nSPS) is 17.1. The summed E-state index contributed by atoms with van der Waals surface area (Å²) in [6.07, 6.45) is 0.999. The van der Waals surface area contributed by atoms with Crippen LogP contribution in [0.4, 0.5) is 0 Å². The van der Waals surface area contributed by atoms with Gasteiger partial charge in [-0.1, -0.05) is 17.2 Å². The molecule has 1 aromatic rings. The van der Waals surface area contributed by atoms with Gasteiger partial charge in [-0.2, -0.15) is 0 Å². The molecular formula is C18H26N2O3. The zero-order chi connectivity index (χ0) is 16.8. The van der Waals surface area contributed by atoms with Crippen LogP contribution in [0.25, 0.3) is 0 Å². The molecule has 5 nitrogen and oxygen atoms in total. The third kappa shape index (κ3) is 5.06. The summed E-state index contributed by atoms with van der Waals surface area (Å²) in [6, 6.07) is 5.69. The van der Waals surface area contributed by atoms with Crippen molar-refractivity contribution in [1.29, 1.82) is 0 Å². The lowest BCUT2D eigenvalue weighted by Gasteiger charge is -2.24. The Bertz CT molecular complexity index is 545. The number of benzene rings is 1. The van der Waals surface area contributed by atoms with Crippen molar-refractivity contribution < 1.29 is 14.3 Å². The SMILES string of the molecule is CCN(CC1CCOC1)C(=O)CNC(=O)c1cc(C)cc(C)c1. The average Bonchev–Trinajstić information content (AvgIpc) is 3.02. The number of ether oxygens (including phenoxy) is 1. The van der Waals surface area contributed by atoms with E-state index in [9.17, 15) is 9.59 Å². The van der Waals surface area contributed by atoms with Gasteiger partial charge in [0.15, 0.2) is 0 Å². The van der Waals surface area contributed by atoms with E-state index in [1.54, 1.807) is 4.90 Å². The molecule has 23 heavy (non-hydrogen) atoms. The Balaban J connectivity index is 1.87. The minimum absolute atomic E-state index is 0.0350. The van der Waals surface area contributed by atoms with E-state index in [1.165, 1.54) is 0 Å². The van der Waals surface area contributed by atoms with Gasteiger partial charge in [-0.3, -0.25) is 9.59 Å². The van der Waals surface area contributed by atoms with Crippen molar-refractivity contribution in [3.05, 3.63) is 34.9 Å². The Morgan fingerprint density at radius 1 is 1.26 bits per heavy atom. The van der Waals surface area contributed by atoms with Crippen LogP contribution in [0.5, 0.6) is 0 Å². The average molecular weight is 318 g/mol. The molecule has 1 unspecified atom stereocenters. The summed E-state index contributed by atoms with van der Waals surface area (Å²) in [6.45, 7) is 8.75. The first kappa shape index (κ1) is 17.5. The van der Waals surface area contributed by atoms with Crippen LogP contribution in [-0.4, -0.2) is 49.6 Å². The molecule has 1 saturated heterocycles. The second-order valence-electron chi connectivity index (χ2n) is 6.22. The molecule has 1 aliphatic rings. The van der Waals surface area contributed by atoms with E-state index in [2.05, 4.69) is 5.32 Å². The minimum atomic E-state index is -0.203. The van der Waals surface area contributed by atoms with Gasteiger partial charge in [-0.05, 0) is 39.3 Å². The number of likely N-dealkylation sites (N-methyl/N-ethyl adjacent to an activating group) is 1. The number of carbonyl (C=O) groups excluding carboxylic acids is 2. The van der Waals surface area contributed by atoms with Gasteiger partial charge in [-0.25, -0.2) is 0 Å². The second kappa shape index (κ2) is 8.11. The highest BCUT2D eigenvalue weighted by Crippen LogP contribution is 2.14. The Hall–Kier alpha value is -1.88. The first-order chi connectivity index (χ1) is 11.0. The van der Waals surface area contributed by atoms with Gasteiger partial charge in [0.1, 0.15) is 0 Å². The van der Waals surface area contributed by atoms with Gasteiger partial charge in [-0.15, -0.1) is 0 Å². The van der Waals surface area contributed by atoms with Crippen LogP contribution in [-0.2, 0) is 9.53 Å². The van der Waals surface area contributed by atoms with E-state index in [0.717, 1.165) is 30.8 Å². The highest BCUT2D eigenvalue weighted by atomic mass is 16.5. The molecule has 2 amide bonds. The van der Waals surface area contributed by atoms with Crippen molar-refractivity contribution in [2.24, 2.45) is 5.92 Å². The van der Waals surface area contributed by atoms with E-state index in [4.69, 9.17) is 4.74 Å². The van der Waals surface area contributed by atoms with Crippen LogP contribution < -0.4 is 5.32 Å². The number of hydrogen-bond donors (Lipinski definition) is 1. The number of aryl methyl sites for hydroxylation is 2. The Kier molecular flexibility index (Phi) is 6.16. The maximum atomic E-state index is 12.3. The van der Waals surface area contributed by atoms with Crippen LogP contribution in [0, 0.1) is 19.8 Å². The molecular weight excluding hydrogens is 292 g/mol. The van der Waals surface area contributed by atoms with Crippen LogP contribution in [0.2, 0.25) is 0 Å². The first-order valence-electron chi connectivity index (χ1n) is 8.21. The fourth-order valence-electron chi connectivity index (χ4n) is 2.92. The summed E-state index contributed by atoms with van der Waals surface area (Å²) in [7, 11) is 0. The van der Waals surface area contributed by atoms with Gasteiger partial charge in [0.25, 0.3) is 5.91 Å². The topological polar surface area (TPSA) is 58.6 Å². The Morgan fingerprint density at radius 2 is 1.96 bits per heavy atom. The van der Waals surface area contributed by atoms with Crippen molar-refractivity contribution in [3.8, 4) is 0 Å². The number of amides is 2. The Labute approximate surface area is 138 Å². The van der Waals surface area contributed by atoms with Crippen LogP contribution in [0.3, 0.4) is 0 Å². The van der Waals surface area contributed by atoms with E-state index in [0.29, 0.717) is 24.6 Å². The van der Waals surface area contributed by atoms with Gasteiger partial charge in [0.05, 0.1) is 13.2 Å². The summed E-state index contributed by atoms with van der Waals surface area (Å²) in [5.41, 5.74) is 2.68. The summed E-state index contributed by atoms with van der Waals surface area (Å²) in [5, 5.41) is 2.73. The molecule has 126 valence electrons. The van der Waals surface area contributed by atoms with Crippen LogP contribution in [0.1, 0.15) is 34.8 Å². The van der Waals surface area contributed by atoms with Crippen molar-refractivity contribution in [1.82, 2.24) is 10.2 Å². The molecule has 1 aromatic carbocycles. The first-order valence-corrected chi connectivity index (χ1v) is 8.21. The second-order valence-corrected chi connectivity index (χ2v) is 6.22. The van der Waals surface area contributed by atoms with E-state index in [-0.39, 0.29) is 18.4 Å². The summed E-state index contributed by atoms with van der Waals surface area (Å²) in [4.78, 5) is 26.3. The Morgan fingerprint density at radius 3 is 2.52 bits per heavy atom. The van der Waals surface area contributed by atoms with Crippen LogP contribution >= 0.6 is 0 Å². The monoisotopic (exact) mass is 318 g/mol. The largest absolute Gasteiger partial charge is 0.381 e. The number of hydrogen-bond acceptors (Lipinski definition) is 3. The summed E-state index contributed by atoms with van der Waals surface area (Å²) in [5.74, 6) is 0.163. The van der Waals surface area contributed by atoms with Crippen molar-refractivity contribution in [2.45, 2.75) is 27.2 Å². The zero-order valence-corrected chi connectivity index (χ0v) is 14.2. The highest BCUT2D eigenvalue weighted by molar-refractivity contribution is 5.96. The molecule has 1 atom stereocenters. The summed E-state index contributed by atoms with van der Waals surface area (Å²) < 4.78 is 5.35. The van der Waals surface area contributed by atoms with E-state index in [1.807, 2.05) is 39.0 Å². The lowest BCUT2D eigenvalue weighted by atomic mass is 10.1. The van der Waals surface area contributed by atoms with Gasteiger partial charge in [0.2, 0.25) is 5.91 Å². The molecule has 0 bridgehead atoms. The summed E-state index contributed by atoms with van der Waals surface area (Å²) >= 11 is 0. The third-order valence-corrected chi connectivity index (χ3v) is 4.12. The highest BCUT2D eigenvalue weighted by Gasteiger charge is 2.21. The molecule has 1 aliphatic heterocycles. The predicted molar refractivity (Wildman–Crippen MR) is 89.4 cm³/mol. The minimum Gasteiger partial charge on any atom is -0.381 e. The lowest BCUT2D eigenvalue weighted by molar-refractivity contribution is -0.130. The predicted octanol–water partition coefficient (Wildman–Crippen LogP) is 1.92. The fourth-order valence-corrected chi connectivity index (χ4v) is 2.92. The van der Waals surface area contributed by atoms with Crippen molar-refractivity contribution in [2.75, 3.05) is 32.8 Å². The molecule has 0 radical (unpaired) electrons. The van der Waals surface area contributed by atoms with E-state index >= 15 is 0 Å². The van der Waals surface area contributed by atoms with Crippen molar-refractivity contribution >= 4 is 11.8 Å². The van der Waals surface area contributed by atoms with Crippen molar-refractivity contribution in [3.63, 3.8) is 0 Å². The van der Waals surface area contributed by atoms with Gasteiger partial charge >= 0.3 is 0 Å². The number of nitrogens with one attached hydrogen (secondary N) is 1. The number of nitrogens with zero attached hydrogens (tertiary/aromatic N) is 1. The van der Waals surface area contributed by atoms with Crippen LogP contribution in [0.15, 0.2) is 18.2 Å².